The number of halogens is 3. The van der Waals surface area contributed by atoms with Crippen molar-refractivity contribution in [3.05, 3.63) is 41.3 Å². The molecule has 0 aliphatic carbocycles. The fraction of sp³-hybridized carbons (Fsp3) is 0.471. The van der Waals surface area contributed by atoms with Gasteiger partial charge >= 0.3 is 6.18 Å². The average Bonchev–Trinajstić information content (AvgIpc) is 3.00. The Bertz CT molecular complexity index is 731. The Morgan fingerprint density at radius 1 is 1.20 bits per heavy atom. The summed E-state index contributed by atoms with van der Waals surface area (Å²) in [5, 5.41) is 4.20. The average molecular weight is 354 g/mol. The third-order valence-corrected chi connectivity index (χ3v) is 3.93. The van der Waals surface area contributed by atoms with Crippen LogP contribution in [0.25, 0.3) is 5.82 Å². The molecule has 0 fully saturated rings. The molecule has 0 aliphatic heterocycles. The molecule has 0 bridgehead atoms. The molecule has 0 aromatic carbocycles. The molecular formula is C17H21F3N4O. The van der Waals surface area contributed by atoms with Gasteiger partial charge in [-0.1, -0.05) is 13.8 Å². The highest BCUT2D eigenvalue weighted by atomic mass is 19.4. The molecule has 0 aliphatic rings. The molecule has 2 rings (SSSR count). The monoisotopic (exact) mass is 354 g/mol. The summed E-state index contributed by atoms with van der Waals surface area (Å²) in [4.78, 5) is 18.2. The normalized spacial score (nSPS) is 11.8. The number of hydrogen-bond acceptors (Lipinski definition) is 3. The van der Waals surface area contributed by atoms with Gasteiger partial charge < -0.3 is 4.90 Å². The van der Waals surface area contributed by atoms with Gasteiger partial charge in [0.2, 0.25) is 0 Å². The van der Waals surface area contributed by atoms with Gasteiger partial charge in [-0.2, -0.15) is 18.3 Å². The molecule has 1 amide bonds. The van der Waals surface area contributed by atoms with Gasteiger partial charge in [-0.05, 0) is 31.9 Å². The van der Waals surface area contributed by atoms with Gasteiger partial charge in [0, 0.05) is 19.3 Å². The van der Waals surface area contributed by atoms with Crippen molar-refractivity contribution < 1.29 is 18.0 Å². The number of rotatable bonds is 5. The molecule has 0 unspecified atom stereocenters. The first-order valence-corrected chi connectivity index (χ1v) is 8.11. The lowest BCUT2D eigenvalue weighted by Gasteiger charge is -2.20. The second-order valence-electron chi connectivity index (χ2n) is 5.89. The highest BCUT2D eigenvalue weighted by molar-refractivity contribution is 5.95. The third kappa shape index (κ3) is 3.83. The summed E-state index contributed by atoms with van der Waals surface area (Å²) in [5.74, 6) is 0.0447. The Labute approximate surface area is 144 Å². The van der Waals surface area contributed by atoms with Gasteiger partial charge in [0.05, 0.1) is 23.0 Å². The topological polar surface area (TPSA) is 51.0 Å². The zero-order chi connectivity index (χ0) is 18.8. The number of amides is 1. The molecule has 0 saturated carbocycles. The van der Waals surface area contributed by atoms with Crippen LogP contribution in [0, 0.1) is 0 Å². The highest BCUT2D eigenvalue weighted by Gasteiger charge is 2.31. The molecule has 2 aromatic heterocycles. The van der Waals surface area contributed by atoms with Crippen molar-refractivity contribution in [2.45, 2.75) is 39.8 Å². The van der Waals surface area contributed by atoms with E-state index in [0.29, 0.717) is 24.3 Å². The van der Waals surface area contributed by atoms with Gasteiger partial charge in [-0.15, -0.1) is 0 Å². The summed E-state index contributed by atoms with van der Waals surface area (Å²) in [6.07, 6.45) is -2.22. The summed E-state index contributed by atoms with van der Waals surface area (Å²) in [6.45, 7) is 8.71. The van der Waals surface area contributed by atoms with Crippen molar-refractivity contribution in [3.8, 4) is 5.82 Å². The second-order valence-corrected chi connectivity index (χ2v) is 5.89. The molecule has 25 heavy (non-hydrogen) atoms. The molecule has 0 N–H and O–H groups in total. The Morgan fingerprint density at radius 3 is 2.28 bits per heavy atom. The fourth-order valence-electron chi connectivity index (χ4n) is 2.62. The maximum absolute atomic E-state index is 12.7. The van der Waals surface area contributed by atoms with E-state index in [1.807, 2.05) is 27.7 Å². The number of hydrogen-bond donors (Lipinski definition) is 0. The Kier molecular flexibility index (Phi) is 5.49. The molecular weight excluding hydrogens is 333 g/mol. The molecule has 2 aromatic rings. The molecule has 8 heteroatoms. The molecule has 136 valence electrons. The zero-order valence-corrected chi connectivity index (χ0v) is 14.6. The van der Waals surface area contributed by atoms with E-state index in [-0.39, 0.29) is 17.6 Å². The molecule has 0 spiro atoms. The number of aromatic nitrogens is 3. The van der Waals surface area contributed by atoms with Crippen LogP contribution in [0.2, 0.25) is 0 Å². The standard InChI is InChI=1S/C17H21F3N4O/c1-5-23(6-2)16(25)13-10-22-24(15(13)11(3)4)14-8-7-12(9-21-14)17(18,19)20/h7-11H,5-6H2,1-4H3. The first-order chi connectivity index (χ1) is 11.7. The lowest BCUT2D eigenvalue weighted by atomic mass is 10.0. The van der Waals surface area contributed by atoms with Gasteiger partial charge in [-0.3, -0.25) is 4.79 Å². The van der Waals surface area contributed by atoms with Crippen molar-refractivity contribution >= 4 is 5.91 Å². The lowest BCUT2D eigenvalue weighted by molar-refractivity contribution is -0.137. The number of pyridine rings is 1. The van der Waals surface area contributed by atoms with E-state index in [1.165, 1.54) is 16.9 Å². The third-order valence-electron chi connectivity index (χ3n) is 3.93. The lowest BCUT2D eigenvalue weighted by Crippen LogP contribution is -2.31. The van der Waals surface area contributed by atoms with E-state index < -0.39 is 11.7 Å². The molecule has 0 atom stereocenters. The van der Waals surface area contributed by atoms with E-state index >= 15 is 0 Å². The van der Waals surface area contributed by atoms with Crippen molar-refractivity contribution in [1.82, 2.24) is 19.7 Å². The Morgan fingerprint density at radius 2 is 1.84 bits per heavy atom. The summed E-state index contributed by atoms with van der Waals surface area (Å²) in [7, 11) is 0. The number of nitrogens with zero attached hydrogens (tertiary/aromatic N) is 4. The summed E-state index contributed by atoms with van der Waals surface area (Å²) >= 11 is 0. The number of carbonyl (C=O) groups excluding carboxylic acids is 1. The number of carbonyl (C=O) groups is 1. The highest BCUT2D eigenvalue weighted by Crippen LogP contribution is 2.29. The van der Waals surface area contributed by atoms with Gasteiger partial charge in [-0.25, -0.2) is 9.67 Å². The fourth-order valence-corrected chi connectivity index (χ4v) is 2.62. The van der Waals surface area contributed by atoms with E-state index in [4.69, 9.17) is 0 Å². The van der Waals surface area contributed by atoms with Crippen LogP contribution in [-0.4, -0.2) is 38.7 Å². The van der Waals surface area contributed by atoms with Crippen molar-refractivity contribution in [1.29, 1.82) is 0 Å². The maximum Gasteiger partial charge on any atom is 0.417 e. The molecule has 0 saturated heterocycles. The van der Waals surface area contributed by atoms with Crippen LogP contribution in [0.15, 0.2) is 24.5 Å². The number of alkyl halides is 3. The van der Waals surface area contributed by atoms with Gasteiger partial charge in [0.1, 0.15) is 0 Å². The maximum atomic E-state index is 12.7. The first kappa shape index (κ1) is 19.0. The zero-order valence-electron chi connectivity index (χ0n) is 14.6. The minimum absolute atomic E-state index is 0.0545. The first-order valence-electron chi connectivity index (χ1n) is 8.11. The van der Waals surface area contributed by atoms with Crippen LogP contribution in [0.3, 0.4) is 0 Å². The predicted molar refractivity (Wildman–Crippen MR) is 87.7 cm³/mol. The van der Waals surface area contributed by atoms with Gasteiger partial charge in [0.25, 0.3) is 5.91 Å². The summed E-state index contributed by atoms with van der Waals surface area (Å²) in [6, 6.07) is 2.22. The predicted octanol–water partition coefficient (Wildman–Crippen LogP) is 3.89. The SMILES string of the molecule is CCN(CC)C(=O)c1cnn(-c2ccc(C(F)(F)F)cn2)c1C(C)C. The van der Waals surface area contributed by atoms with Crippen molar-refractivity contribution in [3.63, 3.8) is 0 Å². The van der Waals surface area contributed by atoms with Crippen LogP contribution in [0.1, 0.15) is 55.2 Å². The van der Waals surface area contributed by atoms with Gasteiger partial charge in [0.15, 0.2) is 5.82 Å². The molecule has 2 heterocycles. The van der Waals surface area contributed by atoms with Crippen molar-refractivity contribution in [2.75, 3.05) is 13.1 Å². The second kappa shape index (κ2) is 7.25. The van der Waals surface area contributed by atoms with Crippen LogP contribution >= 0.6 is 0 Å². The minimum Gasteiger partial charge on any atom is -0.339 e. The van der Waals surface area contributed by atoms with E-state index in [1.54, 1.807) is 4.90 Å². The van der Waals surface area contributed by atoms with Crippen LogP contribution in [0.5, 0.6) is 0 Å². The smallest absolute Gasteiger partial charge is 0.339 e. The van der Waals surface area contributed by atoms with Crippen molar-refractivity contribution in [2.24, 2.45) is 0 Å². The van der Waals surface area contributed by atoms with E-state index in [0.717, 1.165) is 12.3 Å². The largest absolute Gasteiger partial charge is 0.417 e. The summed E-state index contributed by atoms with van der Waals surface area (Å²) < 4.78 is 39.5. The van der Waals surface area contributed by atoms with E-state index in [9.17, 15) is 18.0 Å². The summed E-state index contributed by atoms with van der Waals surface area (Å²) in [5.41, 5.74) is 0.249. The Hall–Kier alpha value is -2.38. The van der Waals surface area contributed by atoms with E-state index in [2.05, 4.69) is 10.1 Å². The minimum atomic E-state index is -4.44. The van der Waals surface area contributed by atoms with Crippen LogP contribution in [-0.2, 0) is 6.18 Å². The van der Waals surface area contributed by atoms with Crippen LogP contribution in [0.4, 0.5) is 13.2 Å². The Balaban J connectivity index is 2.48. The van der Waals surface area contributed by atoms with Crippen LogP contribution < -0.4 is 0 Å². The molecule has 0 radical (unpaired) electrons. The molecule has 5 nitrogen and oxygen atoms in total. The quantitative estimate of drug-likeness (QED) is 0.818.